The van der Waals surface area contributed by atoms with Crippen LogP contribution < -0.4 is 15.8 Å². The Balaban J connectivity index is 1.51. The maximum atomic E-state index is 12.2. The lowest BCUT2D eigenvalue weighted by Gasteiger charge is -2.13. The average molecular weight is 408 g/mol. The molecule has 1 heterocycles. The van der Waals surface area contributed by atoms with Crippen LogP contribution in [0.25, 0.3) is 0 Å². The Labute approximate surface area is 172 Å². The Kier molecular flexibility index (Phi) is 6.49. The number of para-hydroxylation sites is 1. The second kappa shape index (κ2) is 9.42. The van der Waals surface area contributed by atoms with Gasteiger partial charge in [-0.2, -0.15) is 0 Å². The first-order chi connectivity index (χ1) is 14.4. The minimum Gasteiger partial charge on any atom is -0.486 e. The number of furan rings is 1. The number of esters is 1. The first-order valence-corrected chi connectivity index (χ1v) is 9.10. The molecule has 8 nitrogen and oxygen atoms in total. The third-order valence-corrected chi connectivity index (χ3v) is 4.08. The molecular formula is C22H20N2O6. The number of carbonyl (C=O) groups is 3. The summed E-state index contributed by atoms with van der Waals surface area (Å²) >= 11 is 0. The van der Waals surface area contributed by atoms with Gasteiger partial charge in [-0.25, -0.2) is 4.79 Å². The van der Waals surface area contributed by atoms with Gasteiger partial charge in [0.15, 0.2) is 6.10 Å². The van der Waals surface area contributed by atoms with E-state index < -0.39 is 23.9 Å². The van der Waals surface area contributed by atoms with Crippen LogP contribution >= 0.6 is 0 Å². The van der Waals surface area contributed by atoms with Crippen molar-refractivity contribution in [1.29, 1.82) is 0 Å². The number of hydrogen-bond acceptors (Lipinski definition) is 6. The lowest BCUT2D eigenvalue weighted by Crippen LogP contribution is -2.29. The molecule has 0 fully saturated rings. The van der Waals surface area contributed by atoms with Crippen LogP contribution in [0.4, 0.5) is 5.69 Å². The summed E-state index contributed by atoms with van der Waals surface area (Å²) in [4.78, 5) is 35.5. The third-order valence-electron chi connectivity index (χ3n) is 4.08. The van der Waals surface area contributed by atoms with Crippen molar-refractivity contribution in [2.45, 2.75) is 19.6 Å². The lowest BCUT2D eigenvalue weighted by atomic mass is 10.2. The Morgan fingerprint density at radius 3 is 2.37 bits per heavy atom. The third kappa shape index (κ3) is 5.48. The van der Waals surface area contributed by atoms with Crippen molar-refractivity contribution < 1.29 is 28.3 Å². The molecule has 30 heavy (non-hydrogen) atoms. The summed E-state index contributed by atoms with van der Waals surface area (Å²) in [5, 5.41) is 2.59. The zero-order chi connectivity index (χ0) is 21.5. The maximum absolute atomic E-state index is 12.2. The molecule has 0 saturated heterocycles. The average Bonchev–Trinajstić information content (AvgIpc) is 3.22. The van der Waals surface area contributed by atoms with Gasteiger partial charge in [0.2, 0.25) is 11.7 Å². The molecule has 154 valence electrons. The summed E-state index contributed by atoms with van der Waals surface area (Å²) in [6, 6.07) is 18.3. The quantitative estimate of drug-likeness (QED) is 0.553. The van der Waals surface area contributed by atoms with E-state index in [2.05, 4.69) is 5.32 Å². The second-order valence-corrected chi connectivity index (χ2v) is 6.35. The van der Waals surface area contributed by atoms with Gasteiger partial charge in [-0.3, -0.25) is 9.59 Å². The van der Waals surface area contributed by atoms with Crippen molar-refractivity contribution >= 4 is 23.5 Å². The molecule has 3 aromatic rings. The molecule has 0 saturated carbocycles. The molecule has 1 aromatic heterocycles. The van der Waals surface area contributed by atoms with Gasteiger partial charge in [0.1, 0.15) is 18.1 Å². The van der Waals surface area contributed by atoms with Gasteiger partial charge in [-0.15, -0.1) is 0 Å². The molecule has 0 radical (unpaired) electrons. The number of amides is 2. The van der Waals surface area contributed by atoms with Gasteiger partial charge >= 0.3 is 5.97 Å². The fraction of sp³-hybridized carbons (Fsp3) is 0.136. The fourth-order valence-corrected chi connectivity index (χ4v) is 2.47. The van der Waals surface area contributed by atoms with E-state index in [0.29, 0.717) is 22.8 Å². The molecular weight excluding hydrogens is 388 g/mol. The van der Waals surface area contributed by atoms with Crippen molar-refractivity contribution in [2.24, 2.45) is 5.73 Å². The number of nitrogens with one attached hydrogen (secondary N) is 1. The first-order valence-electron chi connectivity index (χ1n) is 9.10. The molecule has 0 spiro atoms. The fourth-order valence-electron chi connectivity index (χ4n) is 2.47. The Hall–Kier alpha value is -4.07. The van der Waals surface area contributed by atoms with Crippen LogP contribution in [0, 0.1) is 0 Å². The summed E-state index contributed by atoms with van der Waals surface area (Å²) in [5.41, 5.74) is 5.93. The monoisotopic (exact) mass is 408 g/mol. The van der Waals surface area contributed by atoms with E-state index >= 15 is 0 Å². The van der Waals surface area contributed by atoms with Crippen molar-refractivity contribution in [3.05, 3.63) is 83.8 Å². The number of rotatable bonds is 8. The van der Waals surface area contributed by atoms with E-state index in [1.54, 1.807) is 18.2 Å². The molecule has 0 unspecified atom stereocenters. The van der Waals surface area contributed by atoms with Crippen molar-refractivity contribution in [2.75, 3.05) is 5.32 Å². The van der Waals surface area contributed by atoms with E-state index in [0.717, 1.165) is 0 Å². The van der Waals surface area contributed by atoms with E-state index in [4.69, 9.17) is 19.6 Å². The normalized spacial score (nSPS) is 11.4. The highest BCUT2D eigenvalue weighted by atomic mass is 16.6. The summed E-state index contributed by atoms with van der Waals surface area (Å²) in [5.74, 6) is -0.791. The minimum absolute atomic E-state index is 0.0351. The van der Waals surface area contributed by atoms with Crippen LogP contribution in [0.2, 0.25) is 0 Å². The second-order valence-electron chi connectivity index (χ2n) is 6.35. The zero-order valence-corrected chi connectivity index (χ0v) is 16.2. The Morgan fingerprint density at radius 1 is 1.00 bits per heavy atom. The lowest BCUT2D eigenvalue weighted by molar-refractivity contribution is -0.123. The van der Waals surface area contributed by atoms with E-state index in [-0.39, 0.29) is 12.4 Å². The minimum atomic E-state index is -1.07. The molecule has 3 N–H and O–H groups in total. The largest absolute Gasteiger partial charge is 0.486 e. The Bertz CT molecular complexity index is 1030. The number of nitrogens with two attached hydrogens (primary N) is 1. The smallest absolute Gasteiger partial charge is 0.375 e. The molecule has 2 aromatic carbocycles. The van der Waals surface area contributed by atoms with Crippen LogP contribution in [0.3, 0.4) is 0 Å². The van der Waals surface area contributed by atoms with Gasteiger partial charge < -0.3 is 24.9 Å². The maximum Gasteiger partial charge on any atom is 0.375 e. The van der Waals surface area contributed by atoms with Gasteiger partial charge in [0, 0.05) is 11.3 Å². The molecule has 0 aliphatic carbocycles. The predicted molar refractivity (Wildman–Crippen MR) is 108 cm³/mol. The standard InChI is InChI=1S/C22H20N2O6/c1-14(21(26)24-16-9-7-15(8-10-16)20(23)25)29-22(27)19-12-11-18(30-19)13-28-17-5-3-2-4-6-17/h2-12,14H,13H2,1H3,(H2,23,25)(H,24,26)/t14-/m1/s1. The summed E-state index contributed by atoms with van der Waals surface area (Å²) in [7, 11) is 0. The van der Waals surface area contributed by atoms with Crippen LogP contribution in [-0.4, -0.2) is 23.9 Å². The number of benzene rings is 2. The van der Waals surface area contributed by atoms with Crippen LogP contribution in [-0.2, 0) is 16.1 Å². The Morgan fingerprint density at radius 2 is 1.70 bits per heavy atom. The van der Waals surface area contributed by atoms with Crippen molar-refractivity contribution in [3.8, 4) is 5.75 Å². The van der Waals surface area contributed by atoms with E-state index in [9.17, 15) is 14.4 Å². The topological polar surface area (TPSA) is 121 Å². The highest BCUT2D eigenvalue weighted by molar-refractivity contribution is 5.97. The molecule has 8 heteroatoms. The molecule has 3 rings (SSSR count). The summed E-state index contributed by atoms with van der Waals surface area (Å²) in [6.45, 7) is 1.59. The molecule has 0 aliphatic heterocycles. The summed E-state index contributed by atoms with van der Waals surface area (Å²) in [6.07, 6.45) is -1.07. The first kappa shape index (κ1) is 20.7. The van der Waals surface area contributed by atoms with Gasteiger partial charge in [-0.05, 0) is 55.5 Å². The van der Waals surface area contributed by atoms with Gasteiger partial charge in [0.05, 0.1) is 0 Å². The number of carbonyl (C=O) groups excluding carboxylic acids is 3. The summed E-state index contributed by atoms with van der Waals surface area (Å²) < 4.78 is 16.1. The van der Waals surface area contributed by atoms with Crippen LogP contribution in [0.1, 0.15) is 33.6 Å². The SMILES string of the molecule is C[C@@H](OC(=O)c1ccc(COc2ccccc2)o1)C(=O)Nc1ccc(C(N)=O)cc1. The van der Waals surface area contributed by atoms with E-state index in [1.165, 1.54) is 37.3 Å². The van der Waals surface area contributed by atoms with Gasteiger partial charge in [-0.1, -0.05) is 18.2 Å². The van der Waals surface area contributed by atoms with Crippen LogP contribution in [0.5, 0.6) is 5.75 Å². The van der Waals surface area contributed by atoms with Gasteiger partial charge in [0.25, 0.3) is 5.91 Å². The van der Waals surface area contributed by atoms with Crippen molar-refractivity contribution in [3.63, 3.8) is 0 Å². The highest BCUT2D eigenvalue weighted by Crippen LogP contribution is 2.16. The van der Waals surface area contributed by atoms with E-state index in [1.807, 2.05) is 18.2 Å². The highest BCUT2D eigenvalue weighted by Gasteiger charge is 2.21. The molecule has 1 atom stereocenters. The zero-order valence-electron chi connectivity index (χ0n) is 16.2. The number of primary amides is 1. The molecule has 0 aliphatic rings. The number of anilines is 1. The van der Waals surface area contributed by atoms with Crippen molar-refractivity contribution in [1.82, 2.24) is 0 Å². The molecule has 0 bridgehead atoms. The number of hydrogen-bond donors (Lipinski definition) is 2. The predicted octanol–water partition coefficient (Wildman–Crippen LogP) is 3.14. The molecule has 2 amide bonds. The van der Waals surface area contributed by atoms with Crippen LogP contribution in [0.15, 0.2) is 71.1 Å². The number of ether oxygens (including phenoxy) is 2.